The fourth-order valence-electron chi connectivity index (χ4n) is 2.56. The molecule has 1 saturated heterocycles. The van der Waals surface area contributed by atoms with Crippen LogP contribution in [0.3, 0.4) is 0 Å². The number of hydrogen-bond donors (Lipinski definition) is 1. The van der Waals surface area contributed by atoms with Crippen molar-refractivity contribution in [1.82, 2.24) is 4.90 Å². The van der Waals surface area contributed by atoms with E-state index in [2.05, 4.69) is 54.3 Å². The Kier molecular flexibility index (Phi) is 7.14. The summed E-state index contributed by atoms with van der Waals surface area (Å²) in [6.07, 6.45) is 6.97. The maximum absolute atomic E-state index is 5.96. The van der Waals surface area contributed by atoms with Crippen LogP contribution in [0.4, 0.5) is 0 Å². The van der Waals surface area contributed by atoms with E-state index in [1.807, 2.05) is 0 Å². The van der Waals surface area contributed by atoms with Crippen molar-refractivity contribution >= 4 is 18.5 Å². The van der Waals surface area contributed by atoms with Crippen molar-refractivity contribution in [2.75, 3.05) is 19.6 Å². The fourth-order valence-corrected chi connectivity index (χ4v) is 2.56. The normalized spacial score (nSPS) is 19.3. The van der Waals surface area contributed by atoms with Crippen LogP contribution in [-0.4, -0.2) is 30.6 Å². The standard InChI is InChI=1S/C16H24N2.ClH/c1-14(17)16-9-12-18(13-10-16)11-5-8-15-6-3-2-4-7-15;/h2-8,14,16H,9-13,17H2,1H3;1H/b8-5+;. The van der Waals surface area contributed by atoms with Crippen LogP contribution in [0.2, 0.25) is 0 Å². The number of likely N-dealkylation sites (tertiary alicyclic amines) is 1. The van der Waals surface area contributed by atoms with Crippen molar-refractivity contribution in [3.63, 3.8) is 0 Å². The SMILES string of the molecule is CC(N)C1CCN(C/C=C/c2ccccc2)CC1.Cl. The maximum atomic E-state index is 5.96. The summed E-state index contributed by atoms with van der Waals surface area (Å²) in [5.74, 6) is 0.722. The Hall–Kier alpha value is -0.830. The molecule has 0 bridgehead atoms. The first-order valence-electron chi connectivity index (χ1n) is 6.95. The quantitative estimate of drug-likeness (QED) is 0.918. The zero-order chi connectivity index (χ0) is 12.8. The van der Waals surface area contributed by atoms with Crippen molar-refractivity contribution in [2.24, 2.45) is 11.7 Å². The zero-order valence-electron chi connectivity index (χ0n) is 11.7. The van der Waals surface area contributed by atoms with Gasteiger partial charge in [-0.25, -0.2) is 0 Å². The Balaban J connectivity index is 0.00000180. The van der Waals surface area contributed by atoms with E-state index in [1.165, 1.54) is 31.5 Å². The van der Waals surface area contributed by atoms with Crippen LogP contribution in [0.15, 0.2) is 36.4 Å². The number of piperidine rings is 1. The highest BCUT2D eigenvalue weighted by atomic mass is 35.5. The molecule has 1 aliphatic heterocycles. The van der Waals surface area contributed by atoms with Gasteiger partial charge >= 0.3 is 0 Å². The minimum Gasteiger partial charge on any atom is -0.328 e. The highest BCUT2D eigenvalue weighted by Gasteiger charge is 2.20. The largest absolute Gasteiger partial charge is 0.328 e. The van der Waals surface area contributed by atoms with Crippen molar-refractivity contribution < 1.29 is 0 Å². The molecule has 1 fully saturated rings. The molecule has 1 heterocycles. The number of benzene rings is 1. The Morgan fingerprint density at radius 2 is 1.89 bits per heavy atom. The summed E-state index contributed by atoms with van der Waals surface area (Å²) in [6, 6.07) is 10.8. The molecular weight excluding hydrogens is 256 g/mol. The summed E-state index contributed by atoms with van der Waals surface area (Å²) >= 11 is 0. The molecular formula is C16H25ClN2. The number of hydrogen-bond acceptors (Lipinski definition) is 2. The lowest BCUT2D eigenvalue weighted by molar-refractivity contribution is 0.187. The molecule has 2 nitrogen and oxygen atoms in total. The molecule has 1 atom stereocenters. The average molecular weight is 281 g/mol. The Morgan fingerprint density at radius 3 is 2.47 bits per heavy atom. The van der Waals surface area contributed by atoms with E-state index < -0.39 is 0 Å². The molecule has 1 aliphatic rings. The van der Waals surface area contributed by atoms with Crippen molar-refractivity contribution in [3.05, 3.63) is 42.0 Å². The summed E-state index contributed by atoms with van der Waals surface area (Å²) in [4.78, 5) is 2.51. The number of halogens is 1. The molecule has 0 amide bonds. The Labute approximate surface area is 123 Å². The van der Waals surface area contributed by atoms with E-state index in [-0.39, 0.29) is 12.4 Å². The van der Waals surface area contributed by atoms with Crippen LogP contribution in [-0.2, 0) is 0 Å². The van der Waals surface area contributed by atoms with E-state index in [0.717, 1.165) is 12.5 Å². The van der Waals surface area contributed by atoms with Gasteiger partial charge in [0.25, 0.3) is 0 Å². The minimum atomic E-state index is 0. The Morgan fingerprint density at radius 1 is 1.26 bits per heavy atom. The molecule has 0 aliphatic carbocycles. The lowest BCUT2D eigenvalue weighted by atomic mass is 9.91. The van der Waals surface area contributed by atoms with Gasteiger partial charge in [-0.2, -0.15) is 0 Å². The molecule has 2 rings (SSSR count). The van der Waals surface area contributed by atoms with Gasteiger partial charge in [0.05, 0.1) is 0 Å². The second-order valence-electron chi connectivity index (χ2n) is 5.31. The van der Waals surface area contributed by atoms with Crippen LogP contribution in [0.1, 0.15) is 25.3 Å². The predicted octanol–water partition coefficient (Wildman–Crippen LogP) is 3.18. The van der Waals surface area contributed by atoms with Gasteiger partial charge in [0.15, 0.2) is 0 Å². The van der Waals surface area contributed by atoms with Gasteiger partial charge in [-0.1, -0.05) is 42.5 Å². The Bertz CT molecular complexity index is 368. The van der Waals surface area contributed by atoms with Crippen LogP contribution in [0.5, 0.6) is 0 Å². The molecule has 0 spiro atoms. The molecule has 1 aromatic carbocycles. The van der Waals surface area contributed by atoms with E-state index in [1.54, 1.807) is 0 Å². The predicted molar refractivity (Wildman–Crippen MR) is 85.5 cm³/mol. The highest BCUT2D eigenvalue weighted by molar-refractivity contribution is 5.85. The van der Waals surface area contributed by atoms with Crippen molar-refractivity contribution in [2.45, 2.75) is 25.8 Å². The van der Waals surface area contributed by atoms with E-state index in [4.69, 9.17) is 5.73 Å². The van der Waals surface area contributed by atoms with Crippen molar-refractivity contribution in [1.29, 1.82) is 0 Å². The molecule has 1 unspecified atom stereocenters. The molecule has 1 aromatic rings. The van der Waals surface area contributed by atoms with E-state index >= 15 is 0 Å². The summed E-state index contributed by atoms with van der Waals surface area (Å²) in [5, 5.41) is 0. The fraction of sp³-hybridized carbons (Fsp3) is 0.500. The molecule has 0 saturated carbocycles. The molecule has 0 radical (unpaired) electrons. The monoisotopic (exact) mass is 280 g/mol. The van der Waals surface area contributed by atoms with Gasteiger partial charge in [-0.05, 0) is 44.3 Å². The second kappa shape index (κ2) is 8.36. The number of nitrogens with two attached hydrogens (primary N) is 1. The molecule has 19 heavy (non-hydrogen) atoms. The third-order valence-corrected chi connectivity index (χ3v) is 3.85. The number of rotatable bonds is 4. The van der Waals surface area contributed by atoms with Gasteiger partial charge in [0, 0.05) is 12.6 Å². The van der Waals surface area contributed by atoms with Crippen molar-refractivity contribution in [3.8, 4) is 0 Å². The van der Waals surface area contributed by atoms with Gasteiger partial charge in [0.2, 0.25) is 0 Å². The maximum Gasteiger partial charge on any atom is 0.0166 e. The van der Waals surface area contributed by atoms with Crippen LogP contribution in [0, 0.1) is 5.92 Å². The molecule has 0 aromatic heterocycles. The highest BCUT2D eigenvalue weighted by Crippen LogP contribution is 2.19. The third-order valence-electron chi connectivity index (χ3n) is 3.85. The van der Waals surface area contributed by atoms with Crippen LogP contribution < -0.4 is 5.73 Å². The lowest BCUT2D eigenvalue weighted by Crippen LogP contribution is -2.39. The summed E-state index contributed by atoms with van der Waals surface area (Å²) in [7, 11) is 0. The van der Waals surface area contributed by atoms with Gasteiger partial charge in [-0.3, -0.25) is 4.90 Å². The average Bonchev–Trinajstić information content (AvgIpc) is 2.40. The lowest BCUT2D eigenvalue weighted by Gasteiger charge is -2.32. The van der Waals surface area contributed by atoms with E-state index in [9.17, 15) is 0 Å². The van der Waals surface area contributed by atoms with Gasteiger partial charge in [-0.15, -0.1) is 12.4 Å². The summed E-state index contributed by atoms with van der Waals surface area (Å²) in [5.41, 5.74) is 7.24. The first kappa shape index (κ1) is 16.2. The van der Waals surface area contributed by atoms with Crippen LogP contribution >= 0.6 is 12.4 Å². The minimum absolute atomic E-state index is 0. The van der Waals surface area contributed by atoms with Gasteiger partial charge in [0.1, 0.15) is 0 Å². The smallest absolute Gasteiger partial charge is 0.0166 e. The van der Waals surface area contributed by atoms with Crippen LogP contribution in [0.25, 0.3) is 6.08 Å². The topological polar surface area (TPSA) is 29.3 Å². The molecule has 3 heteroatoms. The molecule has 106 valence electrons. The third kappa shape index (κ3) is 5.35. The van der Waals surface area contributed by atoms with Gasteiger partial charge < -0.3 is 5.73 Å². The number of nitrogens with zero attached hydrogens (tertiary/aromatic N) is 1. The first-order chi connectivity index (χ1) is 8.75. The zero-order valence-corrected chi connectivity index (χ0v) is 12.5. The first-order valence-corrected chi connectivity index (χ1v) is 6.95. The summed E-state index contributed by atoms with van der Waals surface area (Å²) < 4.78 is 0. The second-order valence-corrected chi connectivity index (χ2v) is 5.31. The van der Waals surface area contributed by atoms with E-state index in [0.29, 0.717) is 6.04 Å². The summed E-state index contributed by atoms with van der Waals surface area (Å²) in [6.45, 7) is 5.56. The molecule has 2 N–H and O–H groups in total.